The molecule has 0 fully saturated rings. The number of phenolic OH excluding ortho intramolecular Hbond substituents is 1. The minimum atomic E-state index is 0.298. The summed E-state index contributed by atoms with van der Waals surface area (Å²) in [6.07, 6.45) is 0. The molecule has 108 valence electrons. The van der Waals surface area contributed by atoms with Crippen molar-refractivity contribution in [3.63, 3.8) is 0 Å². The Morgan fingerprint density at radius 1 is 1.05 bits per heavy atom. The van der Waals surface area contributed by atoms with Crippen LogP contribution >= 0.6 is 0 Å². The fourth-order valence-corrected chi connectivity index (χ4v) is 2.55. The Morgan fingerprint density at radius 2 is 1.81 bits per heavy atom. The summed E-state index contributed by atoms with van der Waals surface area (Å²) in [5.74, 6) is 1.35. The summed E-state index contributed by atoms with van der Waals surface area (Å²) in [5, 5.41) is 12.7. The van der Waals surface area contributed by atoms with Crippen LogP contribution in [0.3, 0.4) is 0 Å². The van der Waals surface area contributed by atoms with Gasteiger partial charge in [-0.15, -0.1) is 0 Å². The molecule has 0 saturated carbocycles. The molecule has 2 aromatic carbocycles. The van der Waals surface area contributed by atoms with Crippen LogP contribution in [0.15, 0.2) is 48.5 Å². The molecule has 0 aliphatic carbocycles. The minimum Gasteiger partial charge on any atom is -0.508 e. The second kappa shape index (κ2) is 5.97. The molecule has 1 heterocycles. The second-order valence-electron chi connectivity index (χ2n) is 5.03. The predicted molar refractivity (Wildman–Crippen MR) is 84.1 cm³/mol. The van der Waals surface area contributed by atoms with Gasteiger partial charge in [-0.05, 0) is 36.8 Å². The molecular weight excluding hydrogens is 262 g/mol. The van der Waals surface area contributed by atoms with Gasteiger partial charge in [0.25, 0.3) is 0 Å². The highest BCUT2D eigenvalue weighted by molar-refractivity contribution is 5.75. The summed E-state index contributed by atoms with van der Waals surface area (Å²) >= 11 is 0. The lowest BCUT2D eigenvalue weighted by atomic mass is 10.2. The van der Waals surface area contributed by atoms with Gasteiger partial charge in [0.05, 0.1) is 17.6 Å². The first kappa shape index (κ1) is 13.6. The van der Waals surface area contributed by atoms with Gasteiger partial charge in [-0.1, -0.05) is 24.3 Å². The predicted octanol–water partition coefficient (Wildman–Crippen LogP) is 3.05. The molecule has 3 rings (SSSR count). The number of rotatable bonds is 5. The lowest BCUT2D eigenvalue weighted by molar-refractivity contribution is 0.475. The van der Waals surface area contributed by atoms with Crippen molar-refractivity contribution in [2.24, 2.45) is 0 Å². The average molecular weight is 281 g/mol. The van der Waals surface area contributed by atoms with E-state index in [9.17, 15) is 5.11 Å². The van der Waals surface area contributed by atoms with Gasteiger partial charge in [0.15, 0.2) is 0 Å². The number of nitrogens with one attached hydrogen (secondary N) is 1. The molecule has 4 nitrogen and oxygen atoms in total. The number of hydrogen-bond donors (Lipinski definition) is 2. The number of fused-ring (bicyclic) bond motifs is 1. The van der Waals surface area contributed by atoms with E-state index in [0.717, 1.165) is 36.5 Å². The Bertz CT molecular complexity index is 731. The maximum atomic E-state index is 9.28. The van der Waals surface area contributed by atoms with Crippen LogP contribution in [0.2, 0.25) is 0 Å². The van der Waals surface area contributed by atoms with Gasteiger partial charge in [-0.3, -0.25) is 0 Å². The maximum Gasteiger partial charge on any atom is 0.123 e. The largest absolute Gasteiger partial charge is 0.508 e. The standard InChI is InChI=1S/C17H19N3O/c1-2-20-16-6-4-3-5-15(16)19-17(20)12-18-11-13-7-9-14(21)10-8-13/h3-10,18,21H,2,11-12H2,1H3. The third-order valence-electron chi connectivity index (χ3n) is 3.60. The van der Waals surface area contributed by atoms with Gasteiger partial charge >= 0.3 is 0 Å². The van der Waals surface area contributed by atoms with Crippen molar-refractivity contribution >= 4 is 11.0 Å². The Morgan fingerprint density at radius 3 is 2.57 bits per heavy atom. The van der Waals surface area contributed by atoms with Gasteiger partial charge in [-0.25, -0.2) is 4.98 Å². The highest BCUT2D eigenvalue weighted by Gasteiger charge is 2.08. The lowest BCUT2D eigenvalue weighted by Crippen LogP contribution is -2.16. The van der Waals surface area contributed by atoms with Gasteiger partial charge in [0, 0.05) is 13.1 Å². The minimum absolute atomic E-state index is 0.298. The first-order valence-corrected chi connectivity index (χ1v) is 7.20. The Kier molecular flexibility index (Phi) is 3.88. The van der Waals surface area contributed by atoms with Crippen molar-refractivity contribution in [1.29, 1.82) is 0 Å². The van der Waals surface area contributed by atoms with E-state index < -0.39 is 0 Å². The monoisotopic (exact) mass is 281 g/mol. The van der Waals surface area contributed by atoms with Gasteiger partial charge in [0.1, 0.15) is 11.6 Å². The summed E-state index contributed by atoms with van der Waals surface area (Å²) in [6.45, 7) is 4.53. The topological polar surface area (TPSA) is 50.1 Å². The van der Waals surface area contributed by atoms with Crippen LogP contribution in [0.25, 0.3) is 11.0 Å². The number of hydrogen-bond acceptors (Lipinski definition) is 3. The first-order chi connectivity index (χ1) is 10.3. The summed E-state index contributed by atoms with van der Waals surface area (Å²) < 4.78 is 2.24. The Balaban J connectivity index is 1.71. The molecule has 0 unspecified atom stereocenters. The highest BCUT2D eigenvalue weighted by Crippen LogP contribution is 2.16. The number of aryl methyl sites for hydroxylation is 1. The van der Waals surface area contributed by atoms with Gasteiger partial charge < -0.3 is 15.0 Å². The van der Waals surface area contributed by atoms with Crippen molar-refractivity contribution in [3.8, 4) is 5.75 Å². The zero-order valence-electron chi connectivity index (χ0n) is 12.1. The highest BCUT2D eigenvalue weighted by atomic mass is 16.3. The maximum absolute atomic E-state index is 9.28. The van der Waals surface area contributed by atoms with Gasteiger partial charge in [-0.2, -0.15) is 0 Å². The van der Waals surface area contributed by atoms with Crippen LogP contribution in [-0.4, -0.2) is 14.7 Å². The quantitative estimate of drug-likeness (QED) is 0.755. The molecule has 0 saturated heterocycles. The van der Waals surface area contributed by atoms with E-state index in [-0.39, 0.29) is 0 Å². The molecule has 0 radical (unpaired) electrons. The molecule has 0 aliphatic heterocycles. The fourth-order valence-electron chi connectivity index (χ4n) is 2.55. The van der Waals surface area contributed by atoms with Crippen molar-refractivity contribution in [2.45, 2.75) is 26.6 Å². The Labute approximate surface area is 124 Å². The van der Waals surface area contributed by atoms with Crippen LogP contribution in [-0.2, 0) is 19.6 Å². The molecule has 3 aromatic rings. The zero-order chi connectivity index (χ0) is 14.7. The molecular formula is C17H19N3O. The third kappa shape index (κ3) is 2.90. The third-order valence-corrected chi connectivity index (χ3v) is 3.60. The number of nitrogens with zero attached hydrogens (tertiary/aromatic N) is 2. The number of para-hydroxylation sites is 2. The van der Waals surface area contributed by atoms with Crippen LogP contribution in [0.1, 0.15) is 18.3 Å². The van der Waals surface area contributed by atoms with E-state index in [0.29, 0.717) is 5.75 Å². The SMILES string of the molecule is CCn1c(CNCc2ccc(O)cc2)nc2ccccc21. The van der Waals surface area contributed by atoms with Crippen molar-refractivity contribution in [3.05, 3.63) is 59.9 Å². The molecule has 0 spiro atoms. The number of aromatic nitrogens is 2. The summed E-state index contributed by atoms with van der Waals surface area (Å²) in [7, 11) is 0. The first-order valence-electron chi connectivity index (χ1n) is 7.20. The zero-order valence-corrected chi connectivity index (χ0v) is 12.1. The van der Waals surface area contributed by atoms with E-state index >= 15 is 0 Å². The molecule has 0 amide bonds. The number of imidazole rings is 1. The number of phenols is 1. The molecule has 4 heteroatoms. The second-order valence-corrected chi connectivity index (χ2v) is 5.03. The summed E-state index contributed by atoms with van der Waals surface area (Å²) in [5.41, 5.74) is 3.37. The molecule has 21 heavy (non-hydrogen) atoms. The molecule has 0 aliphatic rings. The summed E-state index contributed by atoms with van der Waals surface area (Å²) in [4.78, 5) is 4.69. The van der Waals surface area contributed by atoms with Crippen molar-refractivity contribution < 1.29 is 5.11 Å². The molecule has 1 aromatic heterocycles. The van der Waals surface area contributed by atoms with Crippen LogP contribution in [0.5, 0.6) is 5.75 Å². The van der Waals surface area contributed by atoms with E-state index in [1.807, 2.05) is 30.3 Å². The lowest BCUT2D eigenvalue weighted by Gasteiger charge is -2.08. The van der Waals surface area contributed by atoms with E-state index in [1.54, 1.807) is 12.1 Å². The van der Waals surface area contributed by atoms with Gasteiger partial charge in [0.2, 0.25) is 0 Å². The smallest absolute Gasteiger partial charge is 0.123 e. The fraction of sp³-hybridized carbons (Fsp3) is 0.235. The van der Waals surface area contributed by atoms with E-state index in [4.69, 9.17) is 0 Å². The number of benzene rings is 2. The average Bonchev–Trinajstić information content (AvgIpc) is 2.86. The summed E-state index contributed by atoms with van der Waals surface area (Å²) in [6, 6.07) is 15.5. The van der Waals surface area contributed by atoms with Crippen LogP contribution in [0.4, 0.5) is 0 Å². The van der Waals surface area contributed by atoms with Crippen molar-refractivity contribution in [1.82, 2.24) is 14.9 Å². The number of aromatic hydroxyl groups is 1. The normalized spacial score (nSPS) is 11.1. The van der Waals surface area contributed by atoms with Crippen LogP contribution < -0.4 is 5.32 Å². The van der Waals surface area contributed by atoms with E-state index in [1.165, 1.54) is 5.52 Å². The van der Waals surface area contributed by atoms with Crippen molar-refractivity contribution in [2.75, 3.05) is 0 Å². The Hall–Kier alpha value is -2.33. The molecule has 2 N–H and O–H groups in total. The molecule has 0 bridgehead atoms. The molecule has 0 atom stereocenters. The van der Waals surface area contributed by atoms with E-state index in [2.05, 4.69) is 27.9 Å². The van der Waals surface area contributed by atoms with Crippen LogP contribution in [0, 0.1) is 0 Å².